The van der Waals surface area contributed by atoms with Crippen molar-refractivity contribution in [3.05, 3.63) is 30.3 Å². The number of carbonyl (C=O) groups is 1. The summed E-state index contributed by atoms with van der Waals surface area (Å²) in [6.45, 7) is 5.37. The first-order chi connectivity index (χ1) is 12.2. The molecular weight excluding hydrogens is 467 g/mol. The highest BCUT2D eigenvalue weighted by atomic mass is 127. The largest absolute Gasteiger partial charge is 0.450 e. The number of ether oxygens (including phenoxy) is 1. The molecule has 1 heterocycles. The number of nitrogens with zero attached hydrogens (tertiary/aromatic N) is 3. The van der Waals surface area contributed by atoms with Crippen LogP contribution in [0.1, 0.15) is 6.92 Å². The molecule has 1 amide bonds. The summed E-state index contributed by atoms with van der Waals surface area (Å²) in [5.41, 5.74) is 0. The van der Waals surface area contributed by atoms with Crippen LogP contribution in [0.15, 0.2) is 40.2 Å². The Morgan fingerprint density at radius 3 is 2.38 bits per heavy atom. The molecule has 146 valence electrons. The standard InChI is InChI=1S/C17H26N4O3S.HI/c1-3-24-17(22)21-12-10-20(11-13-21)16(18-2)19-9-14-25(23)15-7-5-4-6-8-15;/h4-8H,3,9-14H2,1-2H3,(H,18,19);1H. The fourth-order valence-electron chi connectivity index (χ4n) is 2.59. The summed E-state index contributed by atoms with van der Waals surface area (Å²) in [7, 11) is 0.704. The quantitative estimate of drug-likeness (QED) is 0.384. The molecule has 9 heteroatoms. The number of guanidine groups is 1. The second-order valence-corrected chi connectivity index (χ2v) is 7.08. The molecule has 7 nitrogen and oxygen atoms in total. The maximum atomic E-state index is 12.2. The lowest BCUT2D eigenvalue weighted by molar-refractivity contribution is 0.0915. The minimum absolute atomic E-state index is 0. The Labute approximate surface area is 174 Å². The molecular formula is C17H27IN4O3S. The second kappa shape index (κ2) is 12.1. The third kappa shape index (κ3) is 6.75. The molecule has 1 saturated heterocycles. The number of rotatable bonds is 5. The van der Waals surface area contributed by atoms with E-state index in [1.54, 1.807) is 18.9 Å². The first-order valence-corrected chi connectivity index (χ1v) is 9.78. The number of hydrogen-bond donors (Lipinski definition) is 1. The third-order valence-corrected chi connectivity index (χ3v) is 5.27. The molecule has 1 aliphatic rings. The van der Waals surface area contributed by atoms with E-state index in [1.807, 2.05) is 30.3 Å². The van der Waals surface area contributed by atoms with Crippen LogP contribution in [0.3, 0.4) is 0 Å². The summed E-state index contributed by atoms with van der Waals surface area (Å²) in [6.07, 6.45) is -0.261. The zero-order valence-corrected chi connectivity index (χ0v) is 18.4. The van der Waals surface area contributed by atoms with Crippen molar-refractivity contribution < 1.29 is 13.7 Å². The predicted molar refractivity (Wildman–Crippen MR) is 115 cm³/mol. The number of hydrogen-bond acceptors (Lipinski definition) is 4. The zero-order chi connectivity index (χ0) is 18.1. The first-order valence-electron chi connectivity index (χ1n) is 8.46. The van der Waals surface area contributed by atoms with Gasteiger partial charge in [-0.25, -0.2) is 4.79 Å². The smallest absolute Gasteiger partial charge is 0.409 e. The van der Waals surface area contributed by atoms with E-state index in [1.165, 1.54) is 0 Å². The van der Waals surface area contributed by atoms with E-state index in [2.05, 4.69) is 15.2 Å². The van der Waals surface area contributed by atoms with Gasteiger partial charge in [-0.15, -0.1) is 24.0 Å². The van der Waals surface area contributed by atoms with E-state index < -0.39 is 10.8 Å². The van der Waals surface area contributed by atoms with E-state index in [-0.39, 0.29) is 30.1 Å². The van der Waals surface area contributed by atoms with Gasteiger partial charge >= 0.3 is 6.09 Å². The van der Waals surface area contributed by atoms with Crippen LogP contribution in [-0.4, -0.2) is 78.2 Å². The van der Waals surface area contributed by atoms with Crippen LogP contribution in [0.4, 0.5) is 4.79 Å². The molecule has 0 spiro atoms. The molecule has 1 N–H and O–H groups in total. The Morgan fingerprint density at radius 1 is 1.19 bits per heavy atom. The van der Waals surface area contributed by atoms with Gasteiger partial charge in [-0.2, -0.15) is 0 Å². The maximum absolute atomic E-state index is 12.2. The Balaban J connectivity index is 0.00000338. The summed E-state index contributed by atoms with van der Waals surface area (Å²) in [6, 6.07) is 9.45. The molecule has 2 rings (SSSR count). The SMILES string of the molecule is CCOC(=O)N1CCN(C(=NC)NCCS(=O)c2ccccc2)CC1.I. The van der Waals surface area contributed by atoms with E-state index in [0.29, 0.717) is 45.1 Å². The fraction of sp³-hybridized carbons (Fsp3) is 0.529. The predicted octanol–water partition coefficient (Wildman–Crippen LogP) is 1.76. The van der Waals surface area contributed by atoms with E-state index in [9.17, 15) is 9.00 Å². The molecule has 1 aromatic carbocycles. The highest BCUT2D eigenvalue weighted by molar-refractivity contribution is 14.0. The minimum Gasteiger partial charge on any atom is -0.450 e. The third-order valence-electron chi connectivity index (χ3n) is 3.89. The zero-order valence-electron chi connectivity index (χ0n) is 15.2. The van der Waals surface area contributed by atoms with Crippen molar-refractivity contribution in [1.29, 1.82) is 0 Å². The van der Waals surface area contributed by atoms with Crippen LogP contribution in [-0.2, 0) is 15.5 Å². The Bertz CT molecular complexity index is 607. The Hall–Kier alpha value is -1.36. The van der Waals surface area contributed by atoms with Gasteiger partial charge in [0.2, 0.25) is 0 Å². The minimum atomic E-state index is -1.03. The van der Waals surface area contributed by atoms with Gasteiger partial charge in [0.05, 0.1) is 17.4 Å². The molecule has 0 bridgehead atoms. The van der Waals surface area contributed by atoms with Crippen molar-refractivity contribution in [2.45, 2.75) is 11.8 Å². The van der Waals surface area contributed by atoms with Crippen molar-refractivity contribution >= 4 is 46.8 Å². The molecule has 0 aliphatic carbocycles. The van der Waals surface area contributed by atoms with Gasteiger partial charge in [0, 0.05) is 50.4 Å². The molecule has 1 aromatic rings. The summed E-state index contributed by atoms with van der Waals surface area (Å²) < 4.78 is 17.3. The van der Waals surface area contributed by atoms with Crippen LogP contribution in [0.5, 0.6) is 0 Å². The van der Waals surface area contributed by atoms with Gasteiger partial charge in [-0.05, 0) is 19.1 Å². The Morgan fingerprint density at radius 2 is 1.81 bits per heavy atom. The fourth-order valence-corrected chi connectivity index (χ4v) is 3.58. The lowest BCUT2D eigenvalue weighted by Crippen LogP contribution is -2.54. The first kappa shape index (κ1) is 22.7. The van der Waals surface area contributed by atoms with Gasteiger partial charge in [0.25, 0.3) is 0 Å². The monoisotopic (exact) mass is 494 g/mol. The van der Waals surface area contributed by atoms with Crippen LogP contribution < -0.4 is 5.32 Å². The number of nitrogens with one attached hydrogen (secondary N) is 1. The topological polar surface area (TPSA) is 74.2 Å². The van der Waals surface area contributed by atoms with Gasteiger partial charge in [-0.1, -0.05) is 18.2 Å². The van der Waals surface area contributed by atoms with Crippen LogP contribution in [0.2, 0.25) is 0 Å². The van der Waals surface area contributed by atoms with Crippen molar-refractivity contribution in [1.82, 2.24) is 15.1 Å². The molecule has 1 unspecified atom stereocenters. The van der Waals surface area contributed by atoms with Crippen molar-refractivity contribution in [3.8, 4) is 0 Å². The van der Waals surface area contributed by atoms with Crippen molar-refractivity contribution in [3.63, 3.8) is 0 Å². The molecule has 26 heavy (non-hydrogen) atoms. The molecule has 1 atom stereocenters. The number of amides is 1. The maximum Gasteiger partial charge on any atom is 0.409 e. The molecule has 0 saturated carbocycles. The van der Waals surface area contributed by atoms with Gasteiger partial charge in [-0.3, -0.25) is 9.20 Å². The lowest BCUT2D eigenvalue weighted by atomic mass is 10.3. The summed E-state index contributed by atoms with van der Waals surface area (Å²) in [4.78, 5) is 20.7. The number of aliphatic imine (C=N–C) groups is 1. The van der Waals surface area contributed by atoms with Crippen molar-refractivity contribution in [2.75, 3.05) is 52.1 Å². The average Bonchev–Trinajstić information content (AvgIpc) is 2.66. The normalized spacial score (nSPS) is 15.8. The van der Waals surface area contributed by atoms with Gasteiger partial charge in [0.1, 0.15) is 0 Å². The summed E-state index contributed by atoms with van der Waals surface area (Å²) in [5.74, 6) is 1.29. The van der Waals surface area contributed by atoms with Crippen LogP contribution in [0, 0.1) is 0 Å². The Kier molecular flexibility index (Phi) is 10.6. The average molecular weight is 494 g/mol. The van der Waals surface area contributed by atoms with E-state index >= 15 is 0 Å². The summed E-state index contributed by atoms with van der Waals surface area (Å²) in [5, 5.41) is 3.26. The second-order valence-electron chi connectivity index (χ2n) is 5.51. The molecule has 1 aliphatic heterocycles. The number of carbonyl (C=O) groups excluding carboxylic acids is 1. The lowest BCUT2D eigenvalue weighted by Gasteiger charge is -2.35. The highest BCUT2D eigenvalue weighted by Gasteiger charge is 2.23. The number of benzene rings is 1. The highest BCUT2D eigenvalue weighted by Crippen LogP contribution is 2.06. The number of piperazine rings is 1. The van der Waals surface area contributed by atoms with E-state index in [4.69, 9.17) is 4.74 Å². The van der Waals surface area contributed by atoms with Crippen molar-refractivity contribution in [2.24, 2.45) is 4.99 Å². The molecule has 0 aromatic heterocycles. The number of halogens is 1. The van der Waals surface area contributed by atoms with Gasteiger partial charge in [0.15, 0.2) is 5.96 Å². The van der Waals surface area contributed by atoms with Gasteiger partial charge < -0.3 is 19.9 Å². The van der Waals surface area contributed by atoms with Crippen LogP contribution >= 0.6 is 24.0 Å². The van der Waals surface area contributed by atoms with Crippen LogP contribution in [0.25, 0.3) is 0 Å². The molecule has 1 fully saturated rings. The van der Waals surface area contributed by atoms with E-state index in [0.717, 1.165) is 10.9 Å². The summed E-state index contributed by atoms with van der Waals surface area (Å²) >= 11 is 0. The molecule has 0 radical (unpaired) electrons.